The lowest BCUT2D eigenvalue weighted by Crippen LogP contribution is -2.46. The molecule has 4 nitrogen and oxygen atoms in total. The van der Waals surface area contributed by atoms with Gasteiger partial charge in [0, 0.05) is 19.1 Å². The quantitative estimate of drug-likeness (QED) is 0.787. The Labute approximate surface area is 133 Å². The molecule has 1 saturated heterocycles. The second-order valence-electron chi connectivity index (χ2n) is 4.92. The van der Waals surface area contributed by atoms with Crippen LogP contribution < -0.4 is 0 Å². The van der Waals surface area contributed by atoms with Crippen molar-refractivity contribution in [2.24, 2.45) is 0 Å². The maximum Gasteiger partial charge on any atom is 0.252 e. The Hall–Kier alpha value is 0.0500. The van der Waals surface area contributed by atoms with E-state index in [-0.39, 0.29) is 0 Å². The molecule has 0 bridgehead atoms. The summed E-state index contributed by atoms with van der Waals surface area (Å²) in [5, 5.41) is 0. The molecule has 1 aliphatic heterocycles. The summed E-state index contributed by atoms with van der Waals surface area (Å²) in [7, 11) is -3.30. The molecule has 0 unspecified atom stereocenters. The first kappa shape index (κ1) is 16.4. The summed E-state index contributed by atoms with van der Waals surface area (Å²) in [6.45, 7) is 7.64. The van der Waals surface area contributed by atoms with Crippen molar-refractivity contribution in [2.45, 2.75) is 36.9 Å². The topological polar surface area (TPSA) is 40.6 Å². The highest BCUT2D eigenvalue weighted by molar-refractivity contribution is 9.11. The highest BCUT2D eigenvalue weighted by Gasteiger charge is 2.31. The van der Waals surface area contributed by atoms with Gasteiger partial charge in [-0.3, -0.25) is 0 Å². The van der Waals surface area contributed by atoms with Gasteiger partial charge in [0.25, 0.3) is 10.0 Å². The molecule has 1 fully saturated rings. The summed E-state index contributed by atoms with van der Waals surface area (Å²) in [5.74, 6) is 0. The summed E-state index contributed by atoms with van der Waals surface area (Å²) >= 11 is 4.61. The van der Waals surface area contributed by atoms with Crippen molar-refractivity contribution >= 4 is 37.3 Å². The first-order chi connectivity index (χ1) is 9.48. The Kier molecular flexibility index (Phi) is 5.64. The van der Waals surface area contributed by atoms with Crippen LogP contribution in [0.4, 0.5) is 0 Å². The van der Waals surface area contributed by atoms with Gasteiger partial charge in [0.05, 0.1) is 3.79 Å². The molecule has 0 aromatic carbocycles. The minimum absolute atomic E-state index is 0.436. The molecule has 0 saturated carbocycles. The molecular formula is C13H21BrN2O2S2. The van der Waals surface area contributed by atoms with Crippen molar-refractivity contribution < 1.29 is 8.42 Å². The summed E-state index contributed by atoms with van der Waals surface area (Å²) in [4.78, 5) is 2.42. The molecule has 0 radical (unpaired) electrons. The molecule has 7 heteroatoms. The average Bonchev–Trinajstić information content (AvgIpc) is 2.88. The van der Waals surface area contributed by atoms with E-state index in [0.717, 1.165) is 29.7 Å². The van der Waals surface area contributed by atoms with Crippen LogP contribution in [0.3, 0.4) is 0 Å². The molecule has 20 heavy (non-hydrogen) atoms. The van der Waals surface area contributed by atoms with Crippen molar-refractivity contribution in [1.82, 2.24) is 9.21 Å². The zero-order valence-corrected chi connectivity index (χ0v) is 15.1. The van der Waals surface area contributed by atoms with Crippen LogP contribution in [0, 0.1) is 0 Å². The van der Waals surface area contributed by atoms with Crippen LogP contribution in [-0.4, -0.2) is 49.8 Å². The highest BCUT2D eigenvalue weighted by Crippen LogP contribution is 2.30. The van der Waals surface area contributed by atoms with Crippen molar-refractivity contribution in [3.63, 3.8) is 0 Å². The summed E-state index contributed by atoms with van der Waals surface area (Å²) in [5.41, 5.74) is 0. The summed E-state index contributed by atoms with van der Waals surface area (Å²) < 4.78 is 28.0. The maximum absolute atomic E-state index is 12.5. The van der Waals surface area contributed by atoms with Crippen LogP contribution in [0.15, 0.2) is 20.1 Å². The van der Waals surface area contributed by atoms with Gasteiger partial charge in [-0.15, -0.1) is 11.3 Å². The van der Waals surface area contributed by atoms with Gasteiger partial charge in [0.15, 0.2) is 0 Å². The number of sulfonamides is 1. The summed E-state index contributed by atoms with van der Waals surface area (Å²) in [6, 6.07) is 3.99. The number of rotatable bonds is 5. The number of nitrogens with zero attached hydrogens (tertiary/aromatic N) is 2. The van der Waals surface area contributed by atoms with E-state index in [9.17, 15) is 8.42 Å². The van der Waals surface area contributed by atoms with E-state index < -0.39 is 10.0 Å². The molecule has 1 aromatic rings. The fourth-order valence-electron chi connectivity index (χ4n) is 2.75. The Morgan fingerprint density at radius 2 is 1.90 bits per heavy atom. The van der Waals surface area contributed by atoms with Crippen LogP contribution in [0.1, 0.15) is 26.7 Å². The van der Waals surface area contributed by atoms with Crippen molar-refractivity contribution in [2.75, 3.05) is 26.2 Å². The lowest BCUT2D eigenvalue weighted by molar-refractivity contribution is 0.152. The number of halogens is 1. The van der Waals surface area contributed by atoms with E-state index in [1.807, 2.05) is 0 Å². The minimum atomic E-state index is -3.30. The van der Waals surface area contributed by atoms with Crippen LogP contribution in [0.25, 0.3) is 0 Å². The van der Waals surface area contributed by atoms with Crippen molar-refractivity contribution in [3.8, 4) is 0 Å². The van der Waals surface area contributed by atoms with E-state index in [1.165, 1.54) is 11.3 Å². The van der Waals surface area contributed by atoms with Crippen molar-refractivity contribution in [1.29, 1.82) is 0 Å². The van der Waals surface area contributed by atoms with Gasteiger partial charge < -0.3 is 4.90 Å². The zero-order chi connectivity index (χ0) is 14.8. The third-order valence-corrected chi connectivity index (χ3v) is 7.88. The van der Waals surface area contributed by atoms with E-state index in [1.54, 1.807) is 16.4 Å². The van der Waals surface area contributed by atoms with E-state index in [0.29, 0.717) is 23.3 Å². The Bertz CT molecular complexity index is 532. The van der Waals surface area contributed by atoms with E-state index >= 15 is 0 Å². The van der Waals surface area contributed by atoms with Gasteiger partial charge in [-0.05, 0) is 54.0 Å². The fourth-order valence-corrected chi connectivity index (χ4v) is 6.39. The van der Waals surface area contributed by atoms with Crippen LogP contribution in [-0.2, 0) is 10.0 Å². The Balaban J connectivity index is 2.03. The molecule has 0 spiro atoms. The van der Waals surface area contributed by atoms with Gasteiger partial charge in [-0.1, -0.05) is 13.8 Å². The molecule has 114 valence electrons. The lowest BCUT2D eigenvalue weighted by Gasteiger charge is -2.36. The van der Waals surface area contributed by atoms with E-state index in [2.05, 4.69) is 34.7 Å². The van der Waals surface area contributed by atoms with Crippen LogP contribution >= 0.6 is 27.3 Å². The smallest absolute Gasteiger partial charge is 0.252 e. The Morgan fingerprint density at radius 1 is 1.30 bits per heavy atom. The number of hydrogen-bond donors (Lipinski definition) is 0. The zero-order valence-electron chi connectivity index (χ0n) is 11.9. The third-order valence-electron chi connectivity index (χ3n) is 3.89. The predicted molar refractivity (Wildman–Crippen MR) is 86.7 cm³/mol. The number of thiophene rings is 1. The van der Waals surface area contributed by atoms with Gasteiger partial charge in [-0.25, -0.2) is 8.42 Å². The first-order valence-corrected chi connectivity index (χ1v) is 10.0. The molecular weight excluding hydrogens is 360 g/mol. The first-order valence-electron chi connectivity index (χ1n) is 6.98. The second-order valence-corrected chi connectivity index (χ2v) is 9.54. The third kappa shape index (κ3) is 3.44. The Morgan fingerprint density at radius 3 is 2.35 bits per heavy atom. The van der Waals surface area contributed by atoms with Gasteiger partial charge in [0.1, 0.15) is 4.21 Å². The van der Waals surface area contributed by atoms with Gasteiger partial charge in [-0.2, -0.15) is 4.31 Å². The number of hydrogen-bond acceptors (Lipinski definition) is 4. The van der Waals surface area contributed by atoms with Crippen molar-refractivity contribution in [3.05, 3.63) is 15.9 Å². The fraction of sp³-hybridized carbons (Fsp3) is 0.692. The monoisotopic (exact) mass is 380 g/mol. The minimum Gasteiger partial charge on any atom is -0.301 e. The molecule has 0 atom stereocenters. The molecule has 0 N–H and O–H groups in total. The molecule has 2 heterocycles. The maximum atomic E-state index is 12.5. The molecule has 1 aliphatic rings. The average molecular weight is 381 g/mol. The standard InChI is InChI=1S/C13H21BrN2O2S2/c1-3-15(4-2)11-7-9-16(10-8-11)20(17,18)13-6-5-12(14)19-13/h5-6,11H,3-4,7-10H2,1-2H3. The summed E-state index contributed by atoms with van der Waals surface area (Å²) in [6.07, 6.45) is 1.85. The normalized spacial score (nSPS) is 18.8. The van der Waals surface area contributed by atoms with Gasteiger partial charge in [0.2, 0.25) is 0 Å². The second kappa shape index (κ2) is 6.87. The van der Waals surface area contributed by atoms with E-state index in [4.69, 9.17) is 0 Å². The largest absolute Gasteiger partial charge is 0.301 e. The molecule has 2 rings (SSSR count). The molecule has 0 aliphatic carbocycles. The number of piperidine rings is 1. The van der Waals surface area contributed by atoms with Crippen LogP contribution in [0.5, 0.6) is 0 Å². The predicted octanol–water partition coefficient (Wildman–Crippen LogP) is 3.01. The van der Waals surface area contributed by atoms with Crippen LogP contribution in [0.2, 0.25) is 0 Å². The molecule has 1 aromatic heterocycles. The lowest BCUT2D eigenvalue weighted by atomic mass is 10.1. The molecule has 0 amide bonds. The van der Waals surface area contributed by atoms with Gasteiger partial charge >= 0.3 is 0 Å². The highest BCUT2D eigenvalue weighted by atomic mass is 79.9. The SMILES string of the molecule is CCN(CC)C1CCN(S(=O)(=O)c2ccc(Br)s2)CC1.